The Bertz CT molecular complexity index is 942. The minimum absolute atomic E-state index is 0.106. The van der Waals surface area contributed by atoms with Gasteiger partial charge in [-0.2, -0.15) is 0 Å². The van der Waals surface area contributed by atoms with E-state index in [0.29, 0.717) is 5.92 Å². The molecule has 2 aliphatic carbocycles. The molecule has 0 amide bonds. The number of H-pyrrole nitrogens is 1. The second-order valence-corrected chi connectivity index (χ2v) is 8.50. The Morgan fingerprint density at radius 1 is 1.19 bits per heavy atom. The van der Waals surface area contributed by atoms with Gasteiger partial charge in [-0.25, -0.2) is 4.98 Å². The number of nitrogens with one attached hydrogen (secondary N) is 1. The number of para-hydroxylation sites is 2. The number of rotatable bonds is 2. The number of aryl methyl sites for hydroxylation is 1. The molecule has 0 aliphatic heterocycles. The average molecular weight is 361 g/mol. The van der Waals surface area contributed by atoms with Crippen molar-refractivity contribution >= 4 is 11.0 Å². The van der Waals surface area contributed by atoms with Crippen LogP contribution in [0.1, 0.15) is 56.6 Å². The molecular weight excluding hydrogens is 332 g/mol. The van der Waals surface area contributed by atoms with Gasteiger partial charge in [0, 0.05) is 5.56 Å². The highest BCUT2D eigenvalue weighted by Crippen LogP contribution is 2.51. The third-order valence-corrected chi connectivity index (χ3v) is 7.20. The molecule has 0 saturated heterocycles. The molecule has 0 radical (unpaired) electrons. The normalized spacial score (nSPS) is 27.8. The fraction of sp³-hybridized carbons (Fsp3) is 0.458. The molecule has 1 fully saturated rings. The minimum Gasteiger partial charge on any atom is -0.393 e. The fourth-order valence-electron chi connectivity index (χ4n) is 5.77. The number of fused-ring (bicyclic) bond motifs is 4. The molecule has 3 nitrogen and oxygen atoms in total. The fourth-order valence-corrected chi connectivity index (χ4v) is 5.77. The van der Waals surface area contributed by atoms with Gasteiger partial charge in [0.05, 0.1) is 17.1 Å². The van der Waals surface area contributed by atoms with Crippen molar-refractivity contribution in [2.24, 2.45) is 5.92 Å². The van der Waals surface area contributed by atoms with E-state index >= 15 is 0 Å². The second kappa shape index (κ2) is 6.49. The minimum atomic E-state index is -0.106. The zero-order valence-corrected chi connectivity index (χ0v) is 16.0. The standard InChI is InChI=1S/C24H28N2O/c1-2-24-13-12-19(27)15-18(24)7-5-6-16-14-17(10-11-20(16)24)23-25-21-8-3-4-9-22(21)26-23/h3-4,8-11,14,18-19,27H,2,5-7,12-13,15H2,1H3,(H,25,26). The SMILES string of the molecule is CCC12CCC(O)CC1CCCc1cc(-c3nc4ccccc4[nH]3)ccc12. The molecule has 27 heavy (non-hydrogen) atoms. The summed E-state index contributed by atoms with van der Waals surface area (Å²) in [5, 5.41) is 10.2. The van der Waals surface area contributed by atoms with Gasteiger partial charge in [0.25, 0.3) is 0 Å². The van der Waals surface area contributed by atoms with Crippen molar-refractivity contribution in [2.45, 2.75) is 63.4 Å². The molecule has 0 bridgehead atoms. The zero-order chi connectivity index (χ0) is 18.4. The van der Waals surface area contributed by atoms with Gasteiger partial charge in [-0.3, -0.25) is 0 Å². The highest BCUT2D eigenvalue weighted by molar-refractivity contribution is 5.79. The number of nitrogens with zero attached hydrogens (tertiary/aromatic N) is 1. The topological polar surface area (TPSA) is 48.9 Å². The molecule has 3 atom stereocenters. The summed E-state index contributed by atoms with van der Waals surface area (Å²) in [6.07, 6.45) is 7.68. The first-order valence-electron chi connectivity index (χ1n) is 10.5. The first-order chi connectivity index (χ1) is 13.2. The van der Waals surface area contributed by atoms with Crippen molar-refractivity contribution in [2.75, 3.05) is 0 Å². The predicted molar refractivity (Wildman–Crippen MR) is 110 cm³/mol. The molecule has 2 aromatic carbocycles. The first kappa shape index (κ1) is 17.0. The lowest BCUT2D eigenvalue weighted by Crippen LogP contribution is -2.41. The largest absolute Gasteiger partial charge is 0.393 e. The summed E-state index contributed by atoms with van der Waals surface area (Å²) in [6.45, 7) is 2.34. The van der Waals surface area contributed by atoms with Crippen LogP contribution in [0.25, 0.3) is 22.4 Å². The van der Waals surface area contributed by atoms with Crippen molar-refractivity contribution in [3.05, 3.63) is 53.6 Å². The van der Waals surface area contributed by atoms with E-state index < -0.39 is 0 Å². The number of aromatic amines is 1. The maximum absolute atomic E-state index is 10.2. The number of hydrogen-bond acceptors (Lipinski definition) is 2. The predicted octanol–water partition coefficient (Wildman–Crippen LogP) is 5.38. The third-order valence-electron chi connectivity index (χ3n) is 7.20. The Balaban J connectivity index is 1.59. The highest BCUT2D eigenvalue weighted by Gasteiger charge is 2.44. The van der Waals surface area contributed by atoms with Crippen LogP contribution < -0.4 is 0 Å². The summed E-state index contributed by atoms with van der Waals surface area (Å²) in [6, 6.07) is 15.2. The van der Waals surface area contributed by atoms with E-state index in [-0.39, 0.29) is 11.5 Å². The Hall–Kier alpha value is -2.13. The van der Waals surface area contributed by atoms with Crippen molar-refractivity contribution < 1.29 is 5.11 Å². The third kappa shape index (κ3) is 2.71. The van der Waals surface area contributed by atoms with Crippen LogP contribution in [-0.4, -0.2) is 21.2 Å². The maximum Gasteiger partial charge on any atom is 0.138 e. The molecule has 2 N–H and O–H groups in total. The Kier molecular flexibility index (Phi) is 4.08. The van der Waals surface area contributed by atoms with E-state index in [1.807, 2.05) is 12.1 Å². The molecule has 1 heterocycles. The summed E-state index contributed by atoms with van der Waals surface area (Å²) in [4.78, 5) is 8.27. The van der Waals surface area contributed by atoms with Gasteiger partial charge in [-0.1, -0.05) is 31.2 Å². The number of aliphatic hydroxyl groups is 1. The quantitative estimate of drug-likeness (QED) is 0.645. The number of imidazole rings is 1. The summed E-state index contributed by atoms with van der Waals surface area (Å²) >= 11 is 0. The lowest BCUT2D eigenvalue weighted by Gasteiger charge is -2.46. The van der Waals surface area contributed by atoms with Gasteiger partial charge in [-0.15, -0.1) is 0 Å². The van der Waals surface area contributed by atoms with Crippen LogP contribution in [0.15, 0.2) is 42.5 Å². The molecule has 1 saturated carbocycles. The van der Waals surface area contributed by atoms with Crippen molar-refractivity contribution in [3.63, 3.8) is 0 Å². The first-order valence-corrected chi connectivity index (χ1v) is 10.5. The molecule has 5 rings (SSSR count). The van der Waals surface area contributed by atoms with Crippen LogP contribution in [0, 0.1) is 5.92 Å². The average Bonchev–Trinajstić information content (AvgIpc) is 3.06. The lowest BCUT2D eigenvalue weighted by molar-refractivity contribution is 0.0451. The Morgan fingerprint density at radius 2 is 2.07 bits per heavy atom. The van der Waals surface area contributed by atoms with E-state index in [4.69, 9.17) is 4.98 Å². The molecule has 3 aromatic rings. The molecule has 140 valence electrons. The summed E-state index contributed by atoms with van der Waals surface area (Å²) in [5.74, 6) is 1.58. The van der Waals surface area contributed by atoms with Crippen molar-refractivity contribution in [1.82, 2.24) is 9.97 Å². The van der Waals surface area contributed by atoms with Crippen molar-refractivity contribution in [1.29, 1.82) is 0 Å². The number of aliphatic hydroxyl groups excluding tert-OH is 1. The molecule has 3 unspecified atom stereocenters. The Morgan fingerprint density at radius 3 is 2.93 bits per heavy atom. The summed E-state index contributed by atoms with van der Waals surface area (Å²) in [5.41, 5.74) is 6.58. The van der Waals surface area contributed by atoms with Gasteiger partial charge in [-0.05, 0) is 85.6 Å². The zero-order valence-electron chi connectivity index (χ0n) is 16.0. The molecular formula is C24H28N2O. The molecule has 2 aliphatic rings. The van der Waals surface area contributed by atoms with E-state index in [9.17, 15) is 5.11 Å². The lowest BCUT2D eigenvalue weighted by atomic mass is 9.59. The van der Waals surface area contributed by atoms with Crippen LogP contribution in [0.2, 0.25) is 0 Å². The van der Waals surface area contributed by atoms with Crippen molar-refractivity contribution in [3.8, 4) is 11.4 Å². The monoisotopic (exact) mass is 360 g/mol. The molecule has 1 aromatic heterocycles. The number of hydrogen-bond donors (Lipinski definition) is 2. The highest BCUT2D eigenvalue weighted by atomic mass is 16.3. The van der Waals surface area contributed by atoms with Crippen LogP contribution in [0.3, 0.4) is 0 Å². The van der Waals surface area contributed by atoms with Crippen LogP contribution in [-0.2, 0) is 11.8 Å². The van der Waals surface area contributed by atoms with Gasteiger partial charge >= 0.3 is 0 Å². The van der Waals surface area contributed by atoms with Gasteiger partial charge in [0.1, 0.15) is 5.82 Å². The van der Waals surface area contributed by atoms with E-state index in [1.54, 1.807) is 5.56 Å². The van der Waals surface area contributed by atoms with Gasteiger partial charge in [0.2, 0.25) is 0 Å². The van der Waals surface area contributed by atoms with E-state index in [0.717, 1.165) is 42.5 Å². The van der Waals surface area contributed by atoms with Crippen LogP contribution in [0.5, 0.6) is 0 Å². The number of aromatic nitrogens is 2. The maximum atomic E-state index is 10.2. The van der Waals surface area contributed by atoms with Gasteiger partial charge < -0.3 is 10.1 Å². The van der Waals surface area contributed by atoms with E-state index in [1.165, 1.54) is 30.4 Å². The smallest absolute Gasteiger partial charge is 0.138 e. The van der Waals surface area contributed by atoms with E-state index in [2.05, 4.69) is 42.2 Å². The Labute approximate surface area is 160 Å². The van der Waals surface area contributed by atoms with Crippen LogP contribution >= 0.6 is 0 Å². The summed E-state index contributed by atoms with van der Waals surface area (Å²) in [7, 11) is 0. The molecule has 0 spiro atoms. The second-order valence-electron chi connectivity index (χ2n) is 8.50. The van der Waals surface area contributed by atoms with Crippen LogP contribution in [0.4, 0.5) is 0 Å². The number of benzene rings is 2. The molecule has 3 heteroatoms. The summed E-state index contributed by atoms with van der Waals surface area (Å²) < 4.78 is 0. The van der Waals surface area contributed by atoms with Gasteiger partial charge in [0.15, 0.2) is 0 Å².